The summed E-state index contributed by atoms with van der Waals surface area (Å²) in [5, 5.41) is 2.74. The van der Waals surface area contributed by atoms with Crippen molar-refractivity contribution >= 4 is 5.91 Å². The van der Waals surface area contributed by atoms with E-state index in [-0.39, 0.29) is 23.9 Å². The minimum absolute atomic E-state index is 0.0152. The predicted octanol–water partition coefficient (Wildman–Crippen LogP) is 0.928. The lowest BCUT2D eigenvalue weighted by molar-refractivity contribution is -0.126. The second kappa shape index (κ2) is 6.81. The molecule has 0 aromatic carbocycles. The van der Waals surface area contributed by atoms with Crippen molar-refractivity contribution in [1.29, 1.82) is 0 Å². The maximum Gasteiger partial charge on any atom is 0.222 e. The van der Waals surface area contributed by atoms with Gasteiger partial charge in [-0.25, -0.2) is 0 Å². The first kappa shape index (κ1) is 14.9. The van der Waals surface area contributed by atoms with E-state index in [9.17, 15) is 4.79 Å². The molecule has 0 bridgehead atoms. The van der Waals surface area contributed by atoms with Crippen LogP contribution in [-0.4, -0.2) is 42.0 Å². The van der Waals surface area contributed by atoms with Gasteiger partial charge < -0.3 is 11.1 Å². The van der Waals surface area contributed by atoms with E-state index >= 15 is 0 Å². The summed E-state index contributed by atoms with van der Waals surface area (Å²) >= 11 is 0. The highest BCUT2D eigenvalue weighted by molar-refractivity contribution is 5.78. The van der Waals surface area contributed by atoms with Gasteiger partial charge in [0.15, 0.2) is 0 Å². The summed E-state index contributed by atoms with van der Waals surface area (Å²) < 4.78 is 0. The lowest BCUT2D eigenvalue weighted by Gasteiger charge is -2.38. The van der Waals surface area contributed by atoms with Crippen LogP contribution in [0.3, 0.4) is 0 Å². The van der Waals surface area contributed by atoms with E-state index in [4.69, 9.17) is 5.73 Å². The van der Waals surface area contributed by atoms with Crippen LogP contribution in [-0.2, 0) is 4.79 Å². The highest BCUT2D eigenvalue weighted by Crippen LogP contribution is 2.27. The van der Waals surface area contributed by atoms with E-state index in [1.54, 1.807) is 7.05 Å². The van der Waals surface area contributed by atoms with Crippen LogP contribution in [0.15, 0.2) is 24.4 Å². The number of aromatic nitrogens is 1. The molecular weight excluding hydrogens is 252 g/mol. The van der Waals surface area contributed by atoms with Crippen LogP contribution >= 0.6 is 0 Å². The quantitative estimate of drug-likeness (QED) is 0.858. The normalized spacial score (nSPS) is 20.4. The van der Waals surface area contributed by atoms with Gasteiger partial charge in [-0.2, -0.15) is 0 Å². The molecule has 0 radical (unpaired) electrons. The standard InChI is InChI=1S/C15H24N4O/c1-11(16)14(13-5-3-4-8-18-13)19-9-6-12(7-10-19)15(20)17-2/h3-5,8,11-12,14H,6-7,9-10,16H2,1-2H3,(H,17,20). The molecule has 2 atom stereocenters. The molecule has 1 fully saturated rings. The molecule has 1 aromatic rings. The minimum atomic E-state index is 0.0152. The molecule has 2 heterocycles. The number of piperidine rings is 1. The Morgan fingerprint density at radius 3 is 2.65 bits per heavy atom. The second-order valence-corrected chi connectivity index (χ2v) is 5.48. The van der Waals surface area contributed by atoms with Gasteiger partial charge in [0.05, 0.1) is 11.7 Å². The van der Waals surface area contributed by atoms with Gasteiger partial charge in [-0.3, -0.25) is 14.7 Å². The number of rotatable bonds is 4. The average Bonchev–Trinajstić information content (AvgIpc) is 2.48. The average molecular weight is 276 g/mol. The van der Waals surface area contributed by atoms with E-state index in [1.165, 1.54) is 0 Å². The molecule has 1 aliphatic rings. The van der Waals surface area contributed by atoms with E-state index in [0.29, 0.717) is 0 Å². The van der Waals surface area contributed by atoms with Gasteiger partial charge in [-0.1, -0.05) is 6.07 Å². The van der Waals surface area contributed by atoms with Gasteiger partial charge in [0.1, 0.15) is 0 Å². The van der Waals surface area contributed by atoms with Crippen molar-refractivity contribution in [3.63, 3.8) is 0 Å². The topological polar surface area (TPSA) is 71.2 Å². The predicted molar refractivity (Wildman–Crippen MR) is 79.0 cm³/mol. The van der Waals surface area contributed by atoms with Crippen LogP contribution < -0.4 is 11.1 Å². The van der Waals surface area contributed by atoms with Crippen molar-refractivity contribution in [3.8, 4) is 0 Å². The molecule has 5 nitrogen and oxygen atoms in total. The van der Waals surface area contributed by atoms with E-state index in [2.05, 4.69) is 15.2 Å². The van der Waals surface area contributed by atoms with Crippen LogP contribution in [0.4, 0.5) is 0 Å². The highest BCUT2D eigenvalue weighted by atomic mass is 16.1. The number of nitrogens with zero attached hydrogens (tertiary/aromatic N) is 2. The fraction of sp³-hybridized carbons (Fsp3) is 0.600. The van der Waals surface area contributed by atoms with Gasteiger partial charge in [-0.15, -0.1) is 0 Å². The van der Waals surface area contributed by atoms with Gasteiger partial charge in [0.25, 0.3) is 0 Å². The number of hydrogen-bond acceptors (Lipinski definition) is 4. The molecule has 0 saturated carbocycles. The van der Waals surface area contributed by atoms with E-state index in [1.807, 2.05) is 31.3 Å². The first-order valence-corrected chi connectivity index (χ1v) is 7.25. The summed E-state index contributed by atoms with van der Waals surface area (Å²) in [6.45, 7) is 3.80. The van der Waals surface area contributed by atoms with Crippen molar-refractivity contribution in [2.24, 2.45) is 11.7 Å². The second-order valence-electron chi connectivity index (χ2n) is 5.48. The van der Waals surface area contributed by atoms with Crippen LogP contribution in [0, 0.1) is 5.92 Å². The maximum absolute atomic E-state index is 11.7. The third-order valence-electron chi connectivity index (χ3n) is 4.03. The molecule has 20 heavy (non-hydrogen) atoms. The number of likely N-dealkylation sites (tertiary alicyclic amines) is 1. The van der Waals surface area contributed by atoms with Gasteiger partial charge in [-0.05, 0) is 45.0 Å². The molecule has 1 aromatic heterocycles. The van der Waals surface area contributed by atoms with Crippen molar-refractivity contribution < 1.29 is 4.79 Å². The number of nitrogens with one attached hydrogen (secondary N) is 1. The zero-order valence-corrected chi connectivity index (χ0v) is 12.2. The number of carbonyl (C=O) groups is 1. The Balaban J connectivity index is 2.05. The van der Waals surface area contributed by atoms with Gasteiger partial charge in [0.2, 0.25) is 5.91 Å². The van der Waals surface area contributed by atoms with Gasteiger partial charge in [0, 0.05) is 25.2 Å². The van der Waals surface area contributed by atoms with Crippen LogP contribution in [0.5, 0.6) is 0 Å². The first-order chi connectivity index (χ1) is 9.63. The molecule has 110 valence electrons. The van der Waals surface area contributed by atoms with Gasteiger partial charge >= 0.3 is 0 Å². The molecule has 1 amide bonds. The Labute approximate surface area is 120 Å². The van der Waals surface area contributed by atoms with Crippen molar-refractivity contribution in [1.82, 2.24) is 15.2 Å². The number of amides is 1. The summed E-state index contributed by atoms with van der Waals surface area (Å²) in [6.07, 6.45) is 3.58. The van der Waals surface area contributed by atoms with E-state index < -0.39 is 0 Å². The maximum atomic E-state index is 11.7. The third kappa shape index (κ3) is 3.35. The third-order valence-corrected chi connectivity index (χ3v) is 4.03. The smallest absolute Gasteiger partial charge is 0.222 e. The molecule has 0 spiro atoms. The summed E-state index contributed by atoms with van der Waals surface area (Å²) in [5.74, 6) is 0.286. The molecule has 3 N–H and O–H groups in total. The zero-order chi connectivity index (χ0) is 14.5. The van der Waals surface area contributed by atoms with Crippen LogP contribution in [0.1, 0.15) is 31.5 Å². The van der Waals surface area contributed by atoms with Crippen molar-refractivity contribution in [3.05, 3.63) is 30.1 Å². The Morgan fingerprint density at radius 1 is 1.45 bits per heavy atom. The Hall–Kier alpha value is -1.46. The van der Waals surface area contributed by atoms with Crippen molar-refractivity contribution in [2.45, 2.75) is 31.8 Å². The SMILES string of the molecule is CNC(=O)C1CCN(C(c2ccccn2)C(C)N)CC1. The Morgan fingerprint density at radius 2 is 2.15 bits per heavy atom. The van der Waals surface area contributed by atoms with Crippen LogP contribution in [0.2, 0.25) is 0 Å². The zero-order valence-electron chi connectivity index (χ0n) is 12.2. The monoisotopic (exact) mass is 276 g/mol. The molecule has 2 unspecified atom stereocenters. The largest absolute Gasteiger partial charge is 0.359 e. The minimum Gasteiger partial charge on any atom is -0.359 e. The lowest BCUT2D eigenvalue weighted by atomic mass is 9.93. The fourth-order valence-electron chi connectivity index (χ4n) is 2.98. The van der Waals surface area contributed by atoms with Crippen LogP contribution in [0.25, 0.3) is 0 Å². The summed E-state index contributed by atoms with van der Waals surface area (Å²) in [7, 11) is 1.70. The summed E-state index contributed by atoms with van der Waals surface area (Å²) in [6, 6.07) is 6.08. The molecule has 1 saturated heterocycles. The summed E-state index contributed by atoms with van der Waals surface area (Å²) in [4.78, 5) is 18.5. The number of carbonyl (C=O) groups excluding carboxylic acids is 1. The molecule has 0 aliphatic carbocycles. The number of nitrogens with two attached hydrogens (primary N) is 1. The fourth-order valence-corrected chi connectivity index (χ4v) is 2.98. The summed E-state index contributed by atoms with van der Waals surface area (Å²) in [5.41, 5.74) is 7.17. The Bertz CT molecular complexity index is 427. The molecule has 1 aliphatic heterocycles. The lowest BCUT2D eigenvalue weighted by Crippen LogP contribution is -2.46. The first-order valence-electron chi connectivity index (χ1n) is 7.25. The molecular formula is C15H24N4O. The van der Waals surface area contributed by atoms with Crippen molar-refractivity contribution in [2.75, 3.05) is 20.1 Å². The molecule has 5 heteroatoms. The number of hydrogen-bond donors (Lipinski definition) is 2. The Kier molecular flexibility index (Phi) is 5.09. The molecule has 2 rings (SSSR count). The highest BCUT2D eigenvalue weighted by Gasteiger charge is 2.31. The number of pyridine rings is 1. The van der Waals surface area contributed by atoms with E-state index in [0.717, 1.165) is 31.6 Å².